The Morgan fingerprint density at radius 1 is 0.774 bits per heavy atom. The van der Waals surface area contributed by atoms with Gasteiger partial charge >= 0.3 is 0 Å². The highest BCUT2D eigenvalue weighted by Crippen LogP contribution is 2.38. The minimum atomic E-state index is -4.10. The Bertz CT molecular complexity index is 1670. The lowest BCUT2D eigenvalue weighted by molar-refractivity contribution is 0.0980. The molecule has 10 heteroatoms. The van der Waals surface area contributed by atoms with Gasteiger partial charge in [-0.1, -0.05) is 36.4 Å². The lowest BCUT2D eigenvalue weighted by atomic mass is 9.83. The third-order valence-electron chi connectivity index (χ3n) is 5.19. The second-order valence-corrected chi connectivity index (χ2v) is 10.6. The summed E-state index contributed by atoms with van der Waals surface area (Å²) in [6.07, 6.45) is 0. The van der Waals surface area contributed by atoms with Gasteiger partial charge in [0.25, 0.3) is 0 Å². The van der Waals surface area contributed by atoms with Crippen LogP contribution >= 0.6 is 23.1 Å². The third-order valence-corrected chi connectivity index (χ3v) is 8.89. The maximum absolute atomic E-state index is 13.5. The van der Waals surface area contributed by atoms with Gasteiger partial charge in [0.1, 0.15) is 15.9 Å². The molecule has 2 aromatic heterocycles. The maximum atomic E-state index is 13.5. The minimum Gasteiger partial charge on any atom is -0.289 e. The summed E-state index contributed by atoms with van der Waals surface area (Å²) in [6, 6.07) is 14.8. The van der Waals surface area contributed by atoms with Gasteiger partial charge in [0.15, 0.2) is 11.6 Å². The second-order valence-electron chi connectivity index (χ2n) is 6.91. The van der Waals surface area contributed by atoms with Gasteiger partial charge in [-0.05, 0) is 18.2 Å². The zero-order valence-electron chi connectivity index (χ0n) is 15.4. The van der Waals surface area contributed by atoms with E-state index in [4.69, 9.17) is 0 Å². The van der Waals surface area contributed by atoms with E-state index in [1.54, 1.807) is 48.5 Å². The van der Waals surface area contributed by atoms with E-state index in [1.165, 1.54) is 6.07 Å². The summed E-state index contributed by atoms with van der Waals surface area (Å²) >= 11 is 1.84. The minimum absolute atomic E-state index is 0.0172. The van der Waals surface area contributed by atoms with Crippen molar-refractivity contribution in [3.05, 3.63) is 76.9 Å². The summed E-state index contributed by atoms with van der Waals surface area (Å²) in [5, 5.41) is 0. The molecule has 0 radical (unpaired) electrons. The van der Waals surface area contributed by atoms with E-state index < -0.39 is 15.6 Å². The Morgan fingerprint density at radius 2 is 1.45 bits per heavy atom. The normalized spacial score (nSPS) is 13.5. The van der Waals surface area contributed by atoms with Crippen LogP contribution in [0.3, 0.4) is 0 Å². The van der Waals surface area contributed by atoms with Gasteiger partial charge in [-0.15, -0.1) is 11.3 Å². The average Bonchev–Trinajstić information content (AvgIpc) is 3.44. The van der Waals surface area contributed by atoms with Crippen LogP contribution in [0, 0.1) is 0 Å². The first-order valence-electron chi connectivity index (χ1n) is 9.05. The number of ketones is 2. The van der Waals surface area contributed by atoms with Crippen molar-refractivity contribution in [3.63, 3.8) is 0 Å². The lowest BCUT2D eigenvalue weighted by Crippen LogP contribution is -2.22. The fraction of sp³-hybridized carbons (Fsp3) is 0. The molecule has 0 amide bonds. The molecule has 3 aromatic carbocycles. The smallest absolute Gasteiger partial charge is 0.235 e. The number of hydrogen-bond acceptors (Lipinski definition) is 9. The van der Waals surface area contributed by atoms with Crippen molar-refractivity contribution in [1.29, 1.82) is 0 Å². The number of thiazole rings is 1. The fourth-order valence-electron chi connectivity index (χ4n) is 3.75. The fourth-order valence-corrected chi connectivity index (χ4v) is 7.12. The quantitative estimate of drug-likeness (QED) is 0.383. The van der Waals surface area contributed by atoms with Crippen LogP contribution in [0.1, 0.15) is 31.8 Å². The predicted molar refractivity (Wildman–Crippen MR) is 116 cm³/mol. The van der Waals surface area contributed by atoms with Crippen LogP contribution in [-0.2, 0) is 9.84 Å². The van der Waals surface area contributed by atoms with E-state index in [1.807, 2.05) is 0 Å². The van der Waals surface area contributed by atoms with E-state index >= 15 is 0 Å². The van der Waals surface area contributed by atoms with Gasteiger partial charge in [-0.2, -0.15) is 8.75 Å². The van der Waals surface area contributed by atoms with E-state index in [-0.39, 0.29) is 48.3 Å². The molecule has 6 rings (SSSR count). The molecule has 0 aliphatic heterocycles. The van der Waals surface area contributed by atoms with Gasteiger partial charge < -0.3 is 0 Å². The van der Waals surface area contributed by atoms with Gasteiger partial charge in [0.05, 0.1) is 27.5 Å². The summed E-state index contributed by atoms with van der Waals surface area (Å²) in [7, 11) is -4.10. The molecular formula is C21H9N3O4S3. The van der Waals surface area contributed by atoms with E-state index in [2.05, 4.69) is 13.7 Å². The van der Waals surface area contributed by atoms with Crippen LogP contribution in [-0.4, -0.2) is 33.7 Å². The number of hydrogen-bond donors (Lipinski definition) is 0. The molecule has 150 valence electrons. The maximum Gasteiger partial charge on any atom is 0.235 e. The first kappa shape index (κ1) is 18.4. The van der Waals surface area contributed by atoms with Crippen molar-refractivity contribution in [2.75, 3.05) is 0 Å². The first-order valence-corrected chi connectivity index (χ1v) is 12.1. The second kappa shape index (κ2) is 6.33. The summed E-state index contributed by atoms with van der Waals surface area (Å²) in [4.78, 5) is 30.4. The van der Waals surface area contributed by atoms with Crippen LogP contribution < -0.4 is 0 Å². The molecule has 7 nitrogen and oxygen atoms in total. The monoisotopic (exact) mass is 463 g/mol. The Hall–Kier alpha value is -3.34. The molecule has 0 saturated carbocycles. The van der Waals surface area contributed by atoms with Gasteiger partial charge in [-0.25, -0.2) is 13.4 Å². The van der Waals surface area contributed by atoms with Crippen LogP contribution in [0.15, 0.2) is 63.8 Å². The molecule has 1 aliphatic rings. The van der Waals surface area contributed by atoms with E-state index in [9.17, 15) is 18.0 Å². The molecule has 0 saturated heterocycles. The number of aromatic nitrogens is 3. The largest absolute Gasteiger partial charge is 0.289 e. The molecular weight excluding hydrogens is 454 g/mol. The topological polar surface area (TPSA) is 107 Å². The van der Waals surface area contributed by atoms with E-state index in [0.29, 0.717) is 5.52 Å². The molecule has 0 unspecified atom stereocenters. The number of carbonyl (C=O) groups is 2. The highest BCUT2D eigenvalue weighted by Gasteiger charge is 2.36. The molecule has 0 fully saturated rings. The van der Waals surface area contributed by atoms with Crippen LogP contribution in [0.4, 0.5) is 0 Å². The molecule has 1 aliphatic carbocycles. The summed E-state index contributed by atoms with van der Waals surface area (Å²) in [5.74, 6) is -0.785. The number of para-hydroxylation sites is 1. The number of rotatable bonds is 2. The average molecular weight is 464 g/mol. The van der Waals surface area contributed by atoms with Crippen molar-refractivity contribution >= 4 is 65.7 Å². The Balaban J connectivity index is 1.65. The van der Waals surface area contributed by atoms with Crippen molar-refractivity contribution < 1.29 is 18.0 Å². The van der Waals surface area contributed by atoms with Gasteiger partial charge in [-0.3, -0.25) is 9.59 Å². The molecule has 0 N–H and O–H groups in total. The standard InChI is InChI=1S/C21H9N3O4S3/c25-19-10-5-1-2-6-11(10)20(26)16-12(19)9-15(17-18(16)24-30-23-17)31(27,28)21-22-13-7-3-4-8-14(13)29-21/h1-9H. The highest BCUT2D eigenvalue weighted by atomic mass is 32.2. The number of carbonyl (C=O) groups excluding carboxylic acids is 2. The molecule has 5 aromatic rings. The summed E-state index contributed by atoms with van der Waals surface area (Å²) < 4.78 is 36.0. The summed E-state index contributed by atoms with van der Waals surface area (Å²) in [6.45, 7) is 0. The predicted octanol–water partition coefficient (Wildman–Crippen LogP) is 3.91. The van der Waals surface area contributed by atoms with Crippen LogP contribution in [0.25, 0.3) is 21.3 Å². The Morgan fingerprint density at radius 3 is 2.23 bits per heavy atom. The number of fused-ring (bicyclic) bond motifs is 5. The Labute approximate surface area is 183 Å². The van der Waals surface area contributed by atoms with Crippen LogP contribution in [0.5, 0.6) is 0 Å². The SMILES string of the molecule is O=C1c2ccccc2C(=O)c2c1cc(S(=O)(=O)c1nc3ccccc3s1)c1nsnc21. The zero-order valence-corrected chi connectivity index (χ0v) is 17.8. The third kappa shape index (κ3) is 2.49. The van der Waals surface area contributed by atoms with Crippen LogP contribution in [0.2, 0.25) is 0 Å². The van der Waals surface area contributed by atoms with Crippen molar-refractivity contribution in [2.45, 2.75) is 9.24 Å². The van der Waals surface area contributed by atoms with Crippen molar-refractivity contribution in [1.82, 2.24) is 13.7 Å². The van der Waals surface area contributed by atoms with Gasteiger partial charge in [0, 0.05) is 16.7 Å². The Kier molecular flexibility index (Phi) is 3.76. The number of sulfone groups is 1. The number of nitrogens with zero attached hydrogens (tertiary/aromatic N) is 3. The molecule has 0 atom stereocenters. The number of benzene rings is 3. The van der Waals surface area contributed by atoms with Gasteiger partial charge in [0.2, 0.25) is 14.2 Å². The molecule has 0 bridgehead atoms. The van der Waals surface area contributed by atoms with E-state index in [0.717, 1.165) is 27.8 Å². The highest BCUT2D eigenvalue weighted by molar-refractivity contribution is 7.93. The molecule has 31 heavy (non-hydrogen) atoms. The van der Waals surface area contributed by atoms with Crippen molar-refractivity contribution in [2.24, 2.45) is 0 Å². The summed E-state index contributed by atoms with van der Waals surface area (Å²) in [5.41, 5.74) is 1.39. The van der Waals surface area contributed by atoms with Crippen molar-refractivity contribution in [3.8, 4) is 0 Å². The molecule has 0 spiro atoms. The first-order chi connectivity index (χ1) is 15.0. The lowest BCUT2D eigenvalue weighted by Gasteiger charge is -2.18. The molecule has 2 heterocycles. The zero-order chi connectivity index (χ0) is 21.3.